The number of nitrogens with zero attached hydrogens (tertiary/aromatic N) is 1. The van der Waals surface area contributed by atoms with Gasteiger partial charge in [0.05, 0.1) is 0 Å². The number of fused-ring (bicyclic) bond motifs is 1. The summed E-state index contributed by atoms with van der Waals surface area (Å²) in [6.07, 6.45) is 5.14. The summed E-state index contributed by atoms with van der Waals surface area (Å²) in [5, 5.41) is 2.98. The van der Waals surface area contributed by atoms with Gasteiger partial charge in [-0.15, -0.1) is 0 Å². The summed E-state index contributed by atoms with van der Waals surface area (Å²) >= 11 is 0. The molecule has 104 valence electrons. The van der Waals surface area contributed by atoms with E-state index in [2.05, 4.69) is 41.4 Å². The van der Waals surface area contributed by atoms with Gasteiger partial charge in [-0.1, -0.05) is 31.5 Å². The zero-order chi connectivity index (χ0) is 13.5. The summed E-state index contributed by atoms with van der Waals surface area (Å²) in [7, 11) is 0. The number of amides is 1. The molecule has 0 aromatic heterocycles. The lowest BCUT2D eigenvalue weighted by atomic mass is 10.0. The summed E-state index contributed by atoms with van der Waals surface area (Å²) < 4.78 is 0. The van der Waals surface area contributed by atoms with Crippen LogP contribution in [0.5, 0.6) is 0 Å². The summed E-state index contributed by atoms with van der Waals surface area (Å²) in [5.41, 5.74) is 2.73. The predicted molar refractivity (Wildman–Crippen MR) is 79.5 cm³/mol. The highest BCUT2D eigenvalue weighted by atomic mass is 16.1. The van der Waals surface area contributed by atoms with Crippen LogP contribution in [0.4, 0.5) is 5.69 Å². The summed E-state index contributed by atoms with van der Waals surface area (Å²) in [5.74, 6) is 0.177. The van der Waals surface area contributed by atoms with Crippen molar-refractivity contribution in [2.75, 3.05) is 24.5 Å². The van der Waals surface area contributed by atoms with Crippen LogP contribution < -0.4 is 10.2 Å². The second kappa shape index (κ2) is 7.17. The van der Waals surface area contributed by atoms with Crippen LogP contribution in [0, 0.1) is 0 Å². The molecule has 0 spiro atoms. The normalized spacial score (nSPS) is 14.1. The molecule has 0 bridgehead atoms. The summed E-state index contributed by atoms with van der Waals surface area (Å²) in [4.78, 5) is 14.1. The first-order valence-corrected chi connectivity index (χ1v) is 7.41. The van der Waals surface area contributed by atoms with Gasteiger partial charge in [0.15, 0.2) is 0 Å². The lowest BCUT2D eigenvalue weighted by molar-refractivity contribution is -0.120. The molecule has 1 aliphatic heterocycles. The Morgan fingerprint density at radius 2 is 2.21 bits per heavy atom. The Hall–Kier alpha value is -1.51. The summed E-state index contributed by atoms with van der Waals surface area (Å²) in [6.45, 7) is 4.84. The Balaban J connectivity index is 1.82. The van der Waals surface area contributed by atoms with Crippen molar-refractivity contribution in [3.63, 3.8) is 0 Å². The highest BCUT2D eigenvalue weighted by molar-refractivity contribution is 5.76. The highest BCUT2D eigenvalue weighted by Crippen LogP contribution is 2.26. The first-order chi connectivity index (χ1) is 9.31. The standard InChI is InChI=1S/C16H24N2O/c1-2-3-11-17-16(19)10-13-18-12-6-8-14-7-4-5-9-15(14)18/h4-5,7,9H,2-3,6,8,10-13H2,1H3,(H,17,19). The number of nitrogens with one attached hydrogen (secondary N) is 1. The van der Waals surface area contributed by atoms with E-state index in [1.165, 1.54) is 17.7 Å². The van der Waals surface area contributed by atoms with Crippen molar-refractivity contribution in [2.45, 2.75) is 39.0 Å². The van der Waals surface area contributed by atoms with E-state index < -0.39 is 0 Å². The molecule has 1 heterocycles. The van der Waals surface area contributed by atoms with Gasteiger partial charge >= 0.3 is 0 Å². The average Bonchev–Trinajstić information content (AvgIpc) is 2.45. The van der Waals surface area contributed by atoms with Gasteiger partial charge in [-0.25, -0.2) is 0 Å². The van der Waals surface area contributed by atoms with Gasteiger partial charge in [-0.3, -0.25) is 4.79 Å². The molecule has 0 unspecified atom stereocenters. The highest BCUT2D eigenvalue weighted by Gasteiger charge is 2.16. The first kappa shape index (κ1) is 13.9. The molecule has 3 nitrogen and oxygen atoms in total. The van der Waals surface area contributed by atoms with Crippen molar-refractivity contribution in [3.8, 4) is 0 Å². The smallest absolute Gasteiger partial charge is 0.221 e. The molecule has 0 radical (unpaired) electrons. The Morgan fingerprint density at radius 1 is 1.37 bits per heavy atom. The fraction of sp³-hybridized carbons (Fsp3) is 0.562. The number of carbonyl (C=O) groups is 1. The molecule has 0 aliphatic carbocycles. The molecule has 1 aromatic carbocycles. The third kappa shape index (κ3) is 3.98. The molecule has 2 rings (SSSR count). The van der Waals surface area contributed by atoms with E-state index in [0.717, 1.165) is 38.9 Å². The van der Waals surface area contributed by atoms with Crippen LogP contribution in [0.15, 0.2) is 24.3 Å². The van der Waals surface area contributed by atoms with Crippen LogP contribution in [-0.2, 0) is 11.2 Å². The molecule has 1 N–H and O–H groups in total. The van der Waals surface area contributed by atoms with Crippen molar-refractivity contribution in [1.29, 1.82) is 0 Å². The van der Waals surface area contributed by atoms with Crippen LogP contribution >= 0.6 is 0 Å². The van der Waals surface area contributed by atoms with E-state index in [-0.39, 0.29) is 5.91 Å². The molecular weight excluding hydrogens is 236 g/mol. The fourth-order valence-electron chi connectivity index (χ4n) is 2.57. The number of hydrogen-bond donors (Lipinski definition) is 1. The molecule has 1 aliphatic rings. The molecule has 3 heteroatoms. The molecule has 19 heavy (non-hydrogen) atoms. The minimum absolute atomic E-state index is 0.177. The lowest BCUT2D eigenvalue weighted by Crippen LogP contribution is -2.34. The van der Waals surface area contributed by atoms with E-state index >= 15 is 0 Å². The van der Waals surface area contributed by atoms with Crippen molar-refractivity contribution in [3.05, 3.63) is 29.8 Å². The van der Waals surface area contributed by atoms with Crippen LogP contribution in [0.25, 0.3) is 0 Å². The third-order valence-electron chi connectivity index (χ3n) is 3.67. The maximum atomic E-state index is 11.7. The van der Waals surface area contributed by atoms with Gasteiger partial charge in [0.1, 0.15) is 0 Å². The van der Waals surface area contributed by atoms with Crippen molar-refractivity contribution in [2.24, 2.45) is 0 Å². The average molecular weight is 260 g/mol. The number of unbranched alkanes of at least 4 members (excludes halogenated alkanes) is 1. The molecule has 0 fully saturated rings. The van der Waals surface area contributed by atoms with Gasteiger partial charge in [0, 0.05) is 31.7 Å². The number of aryl methyl sites for hydroxylation is 1. The molecule has 0 atom stereocenters. The topological polar surface area (TPSA) is 32.3 Å². The summed E-state index contributed by atoms with van der Waals surface area (Å²) in [6, 6.07) is 8.55. The van der Waals surface area contributed by atoms with Crippen LogP contribution in [0.1, 0.15) is 38.2 Å². The molecule has 1 amide bonds. The van der Waals surface area contributed by atoms with Gasteiger partial charge in [-0.2, -0.15) is 0 Å². The molecular formula is C16H24N2O. The SMILES string of the molecule is CCCCNC(=O)CCN1CCCc2ccccc21. The van der Waals surface area contributed by atoms with Crippen molar-refractivity contribution >= 4 is 11.6 Å². The maximum Gasteiger partial charge on any atom is 0.221 e. The number of hydrogen-bond acceptors (Lipinski definition) is 2. The Kier molecular flexibility index (Phi) is 5.25. The second-order valence-electron chi connectivity index (χ2n) is 5.17. The molecule has 0 saturated carbocycles. The Morgan fingerprint density at radius 3 is 3.05 bits per heavy atom. The van der Waals surface area contributed by atoms with Crippen LogP contribution in [0.3, 0.4) is 0 Å². The quantitative estimate of drug-likeness (QED) is 0.798. The zero-order valence-electron chi connectivity index (χ0n) is 11.8. The van der Waals surface area contributed by atoms with Gasteiger partial charge in [0.25, 0.3) is 0 Å². The number of benzene rings is 1. The van der Waals surface area contributed by atoms with Gasteiger partial charge in [-0.05, 0) is 30.9 Å². The van der Waals surface area contributed by atoms with Crippen molar-refractivity contribution < 1.29 is 4.79 Å². The minimum atomic E-state index is 0.177. The number of anilines is 1. The van der Waals surface area contributed by atoms with Crippen LogP contribution in [-0.4, -0.2) is 25.5 Å². The molecule has 1 aromatic rings. The van der Waals surface area contributed by atoms with Gasteiger partial charge < -0.3 is 10.2 Å². The van der Waals surface area contributed by atoms with E-state index in [0.29, 0.717) is 6.42 Å². The van der Waals surface area contributed by atoms with E-state index in [9.17, 15) is 4.79 Å². The number of carbonyl (C=O) groups excluding carboxylic acids is 1. The van der Waals surface area contributed by atoms with E-state index in [4.69, 9.17) is 0 Å². The van der Waals surface area contributed by atoms with Crippen LogP contribution in [0.2, 0.25) is 0 Å². The van der Waals surface area contributed by atoms with E-state index in [1.807, 2.05) is 0 Å². The fourth-order valence-corrected chi connectivity index (χ4v) is 2.57. The largest absolute Gasteiger partial charge is 0.371 e. The lowest BCUT2D eigenvalue weighted by Gasteiger charge is -2.31. The third-order valence-corrected chi connectivity index (χ3v) is 3.67. The first-order valence-electron chi connectivity index (χ1n) is 7.41. The monoisotopic (exact) mass is 260 g/mol. The number of para-hydroxylation sites is 1. The van der Waals surface area contributed by atoms with Gasteiger partial charge in [0.2, 0.25) is 5.91 Å². The Labute approximate surface area is 116 Å². The zero-order valence-corrected chi connectivity index (χ0v) is 11.8. The maximum absolute atomic E-state index is 11.7. The number of rotatable bonds is 6. The van der Waals surface area contributed by atoms with E-state index in [1.54, 1.807) is 0 Å². The van der Waals surface area contributed by atoms with Crippen molar-refractivity contribution in [1.82, 2.24) is 5.32 Å². The minimum Gasteiger partial charge on any atom is -0.371 e. The Bertz CT molecular complexity index is 417. The predicted octanol–water partition coefficient (Wildman–Crippen LogP) is 2.75. The molecule has 0 saturated heterocycles. The second-order valence-corrected chi connectivity index (χ2v) is 5.17.